The molecule has 0 aliphatic heterocycles. The third-order valence-electron chi connectivity index (χ3n) is 2.62. The van der Waals surface area contributed by atoms with Crippen LogP contribution in [0.5, 0.6) is 11.5 Å². The largest absolute Gasteiger partial charge is 0.497 e. The Kier molecular flexibility index (Phi) is 5.12. The van der Waals surface area contributed by atoms with E-state index in [2.05, 4.69) is 18.3 Å². The van der Waals surface area contributed by atoms with Gasteiger partial charge < -0.3 is 14.8 Å². The lowest BCUT2D eigenvalue weighted by Gasteiger charge is -2.14. The van der Waals surface area contributed by atoms with Gasteiger partial charge in [0.25, 0.3) is 0 Å². The van der Waals surface area contributed by atoms with Crippen molar-refractivity contribution in [3.05, 3.63) is 23.8 Å². The van der Waals surface area contributed by atoms with Gasteiger partial charge in [0.15, 0.2) is 0 Å². The van der Waals surface area contributed by atoms with E-state index >= 15 is 0 Å². The van der Waals surface area contributed by atoms with Gasteiger partial charge in [0.2, 0.25) is 0 Å². The van der Waals surface area contributed by atoms with E-state index in [1.54, 1.807) is 14.2 Å². The minimum Gasteiger partial charge on any atom is -0.497 e. The maximum absolute atomic E-state index is 5.37. The van der Waals surface area contributed by atoms with Gasteiger partial charge in [0, 0.05) is 6.07 Å². The molecule has 1 N–H and O–H groups in total. The van der Waals surface area contributed by atoms with Crippen LogP contribution in [0.4, 0.5) is 0 Å². The Balaban J connectivity index is 2.78. The number of nitrogens with one attached hydrogen (secondary N) is 1. The first-order chi connectivity index (χ1) is 7.71. The Hall–Kier alpha value is -1.22. The molecule has 1 atom stereocenters. The zero-order valence-corrected chi connectivity index (χ0v) is 10.5. The summed E-state index contributed by atoms with van der Waals surface area (Å²) in [4.78, 5) is 0. The van der Waals surface area contributed by atoms with Crippen molar-refractivity contribution in [3.63, 3.8) is 0 Å². The topological polar surface area (TPSA) is 30.5 Å². The summed E-state index contributed by atoms with van der Waals surface area (Å²) in [7, 11) is 5.33. The van der Waals surface area contributed by atoms with Gasteiger partial charge in [-0.15, -0.1) is 0 Å². The molecule has 1 aromatic rings. The molecule has 1 unspecified atom stereocenters. The predicted molar refractivity (Wildman–Crippen MR) is 66.3 cm³/mol. The van der Waals surface area contributed by atoms with Crippen LogP contribution in [0, 0.1) is 5.92 Å². The molecular weight excluding hydrogens is 202 g/mol. The molecule has 0 saturated carbocycles. The Labute approximate surface area is 97.8 Å². The van der Waals surface area contributed by atoms with E-state index in [4.69, 9.17) is 9.47 Å². The van der Waals surface area contributed by atoms with Crippen molar-refractivity contribution in [2.24, 2.45) is 5.92 Å². The van der Waals surface area contributed by atoms with Crippen molar-refractivity contribution in [2.75, 3.05) is 27.8 Å². The molecule has 0 aliphatic carbocycles. The van der Waals surface area contributed by atoms with Crippen LogP contribution in [0.25, 0.3) is 0 Å². The van der Waals surface area contributed by atoms with Crippen LogP contribution in [0.3, 0.4) is 0 Å². The average Bonchev–Trinajstić information content (AvgIpc) is 2.30. The second-order valence-corrected chi connectivity index (χ2v) is 4.04. The molecule has 0 saturated heterocycles. The number of benzene rings is 1. The Morgan fingerprint density at radius 1 is 1.25 bits per heavy atom. The highest BCUT2D eigenvalue weighted by atomic mass is 16.5. The molecular formula is C13H21NO2. The molecule has 0 spiro atoms. The summed E-state index contributed by atoms with van der Waals surface area (Å²) in [6.45, 7) is 3.23. The van der Waals surface area contributed by atoms with Gasteiger partial charge in [-0.3, -0.25) is 0 Å². The average molecular weight is 223 g/mol. The first-order valence-electron chi connectivity index (χ1n) is 5.56. The molecule has 0 heterocycles. The van der Waals surface area contributed by atoms with Crippen LogP contribution in [-0.2, 0) is 6.42 Å². The van der Waals surface area contributed by atoms with Gasteiger partial charge in [-0.1, -0.05) is 13.0 Å². The van der Waals surface area contributed by atoms with E-state index in [1.807, 2.05) is 19.2 Å². The summed E-state index contributed by atoms with van der Waals surface area (Å²) in [6.07, 6.45) is 1.01. The van der Waals surface area contributed by atoms with Crippen molar-refractivity contribution < 1.29 is 9.47 Å². The number of hydrogen-bond donors (Lipinski definition) is 1. The van der Waals surface area contributed by atoms with Crippen LogP contribution in [0.15, 0.2) is 18.2 Å². The van der Waals surface area contributed by atoms with E-state index in [-0.39, 0.29) is 0 Å². The molecule has 0 aliphatic rings. The predicted octanol–water partition coefficient (Wildman–Crippen LogP) is 2.10. The molecule has 0 fully saturated rings. The molecule has 0 radical (unpaired) electrons. The van der Waals surface area contributed by atoms with Crippen molar-refractivity contribution >= 4 is 0 Å². The fraction of sp³-hybridized carbons (Fsp3) is 0.538. The lowest BCUT2D eigenvalue weighted by atomic mass is 10.00. The second-order valence-electron chi connectivity index (χ2n) is 4.04. The Bertz CT molecular complexity index is 326. The minimum absolute atomic E-state index is 0.590. The normalized spacial score (nSPS) is 12.2. The number of hydrogen-bond acceptors (Lipinski definition) is 3. The van der Waals surface area contributed by atoms with Crippen LogP contribution in [0.2, 0.25) is 0 Å². The fourth-order valence-electron chi connectivity index (χ4n) is 1.82. The van der Waals surface area contributed by atoms with Crippen molar-refractivity contribution in [1.29, 1.82) is 0 Å². The van der Waals surface area contributed by atoms with E-state index in [1.165, 1.54) is 5.56 Å². The highest BCUT2D eigenvalue weighted by molar-refractivity contribution is 5.40. The highest BCUT2D eigenvalue weighted by Gasteiger charge is 2.08. The van der Waals surface area contributed by atoms with Gasteiger partial charge in [-0.25, -0.2) is 0 Å². The zero-order valence-electron chi connectivity index (χ0n) is 10.5. The van der Waals surface area contributed by atoms with Gasteiger partial charge in [-0.05, 0) is 37.6 Å². The summed E-state index contributed by atoms with van der Waals surface area (Å²) in [6, 6.07) is 5.98. The molecule has 1 aromatic carbocycles. The van der Waals surface area contributed by atoms with Crippen molar-refractivity contribution in [1.82, 2.24) is 5.32 Å². The number of ether oxygens (including phenoxy) is 2. The molecule has 0 bridgehead atoms. The molecule has 3 nitrogen and oxygen atoms in total. The summed E-state index contributed by atoms with van der Waals surface area (Å²) < 4.78 is 10.5. The standard InChI is InChI=1S/C13H21NO2/c1-10(9-14-2)7-11-5-6-12(15-3)8-13(11)16-4/h5-6,8,10,14H,7,9H2,1-4H3. The van der Waals surface area contributed by atoms with Crippen molar-refractivity contribution in [3.8, 4) is 11.5 Å². The third-order valence-corrected chi connectivity index (χ3v) is 2.62. The lowest BCUT2D eigenvalue weighted by Crippen LogP contribution is -2.18. The summed E-state index contributed by atoms with van der Waals surface area (Å²) in [5, 5.41) is 3.18. The Morgan fingerprint density at radius 2 is 2.00 bits per heavy atom. The maximum Gasteiger partial charge on any atom is 0.125 e. The third kappa shape index (κ3) is 3.42. The molecule has 0 aromatic heterocycles. The van der Waals surface area contributed by atoms with E-state index in [0.29, 0.717) is 5.92 Å². The SMILES string of the molecule is CNCC(C)Cc1ccc(OC)cc1OC. The zero-order chi connectivity index (χ0) is 12.0. The lowest BCUT2D eigenvalue weighted by molar-refractivity contribution is 0.388. The first-order valence-corrected chi connectivity index (χ1v) is 5.56. The number of methoxy groups -OCH3 is 2. The van der Waals surface area contributed by atoms with Crippen molar-refractivity contribution in [2.45, 2.75) is 13.3 Å². The van der Waals surface area contributed by atoms with Crippen LogP contribution in [-0.4, -0.2) is 27.8 Å². The Morgan fingerprint density at radius 3 is 2.56 bits per heavy atom. The van der Waals surface area contributed by atoms with E-state index in [0.717, 1.165) is 24.5 Å². The summed E-state index contributed by atoms with van der Waals surface area (Å²) in [5.74, 6) is 2.33. The van der Waals surface area contributed by atoms with E-state index in [9.17, 15) is 0 Å². The molecule has 3 heteroatoms. The fourth-order valence-corrected chi connectivity index (χ4v) is 1.82. The van der Waals surface area contributed by atoms with Gasteiger partial charge in [0.05, 0.1) is 14.2 Å². The van der Waals surface area contributed by atoms with Gasteiger partial charge in [-0.2, -0.15) is 0 Å². The monoisotopic (exact) mass is 223 g/mol. The van der Waals surface area contributed by atoms with Crippen LogP contribution >= 0.6 is 0 Å². The van der Waals surface area contributed by atoms with Gasteiger partial charge in [0.1, 0.15) is 11.5 Å². The maximum atomic E-state index is 5.37. The summed E-state index contributed by atoms with van der Waals surface area (Å²) >= 11 is 0. The minimum atomic E-state index is 0.590. The smallest absolute Gasteiger partial charge is 0.125 e. The van der Waals surface area contributed by atoms with E-state index < -0.39 is 0 Å². The van der Waals surface area contributed by atoms with Crippen LogP contribution in [0.1, 0.15) is 12.5 Å². The quantitative estimate of drug-likeness (QED) is 0.801. The van der Waals surface area contributed by atoms with Crippen LogP contribution < -0.4 is 14.8 Å². The summed E-state index contributed by atoms with van der Waals surface area (Å²) in [5.41, 5.74) is 1.23. The molecule has 1 rings (SSSR count). The molecule has 90 valence electrons. The number of rotatable bonds is 6. The highest BCUT2D eigenvalue weighted by Crippen LogP contribution is 2.26. The van der Waals surface area contributed by atoms with Gasteiger partial charge >= 0.3 is 0 Å². The second kappa shape index (κ2) is 6.38. The molecule has 16 heavy (non-hydrogen) atoms. The first kappa shape index (κ1) is 12.8. The molecule has 0 amide bonds.